The van der Waals surface area contributed by atoms with Crippen LogP contribution in [0.25, 0.3) is 0 Å². The lowest BCUT2D eigenvalue weighted by Crippen LogP contribution is -2.38. The van der Waals surface area contributed by atoms with Gasteiger partial charge in [0.1, 0.15) is 0 Å². The summed E-state index contributed by atoms with van der Waals surface area (Å²) in [5, 5.41) is 5.90. The molecule has 0 radical (unpaired) electrons. The van der Waals surface area contributed by atoms with Crippen molar-refractivity contribution in [2.75, 3.05) is 11.9 Å². The molecule has 20 heavy (non-hydrogen) atoms. The third-order valence-electron chi connectivity index (χ3n) is 4.46. The van der Waals surface area contributed by atoms with Crippen molar-refractivity contribution in [2.24, 2.45) is 11.1 Å². The molecule has 4 heteroatoms. The molecule has 1 aliphatic carbocycles. The van der Waals surface area contributed by atoms with Crippen LogP contribution in [0.15, 0.2) is 24.3 Å². The van der Waals surface area contributed by atoms with E-state index in [1.165, 1.54) is 25.7 Å². The minimum absolute atomic E-state index is 0.126. The highest BCUT2D eigenvalue weighted by Gasteiger charge is 2.32. The molecule has 0 atom stereocenters. The van der Waals surface area contributed by atoms with Crippen molar-refractivity contribution in [3.05, 3.63) is 29.8 Å². The molecule has 1 aromatic carbocycles. The van der Waals surface area contributed by atoms with Gasteiger partial charge >= 0.3 is 6.03 Å². The van der Waals surface area contributed by atoms with Crippen molar-refractivity contribution < 1.29 is 4.79 Å². The van der Waals surface area contributed by atoms with Gasteiger partial charge in [0, 0.05) is 18.8 Å². The lowest BCUT2D eigenvalue weighted by molar-refractivity contribution is 0.234. The Morgan fingerprint density at radius 3 is 2.75 bits per heavy atom. The third-order valence-corrected chi connectivity index (χ3v) is 4.46. The van der Waals surface area contributed by atoms with Crippen molar-refractivity contribution in [3.8, 4) is 0 Å². The molecular formula is C16H25N3O. The maximum Gasteiger partial charge on any atom is 0.319 e. The van der Waals surface area contributed by atoms with Crippen molar-refractivity contribution >= 4 is 11.7 Å². The molecular weight excluding hydrogens is 250 g/mol. The molecule has 1 saturated carbocycles. The summed E-state index contributed by atoms with van der Waals surface area (Å²) in [6.07, 6.45) is 6.17. The number of hydrogen-bond acceptors (Lipinski definition) is 2. The summed E-state index contributed by atoms with van der Waals surface area (Å²) in [6, 6.07) is 7.52. The zero-order valence-electron chi connectivity index (χ0n) is 12.2. The number of amides is 2. The molecule has 0 aromatic heterocycles. The number of nitrogens with one attached hydrogen (secondary N) is 2. The molecule has 2 rings (SSSR count). The van der Waals surface area contributed by atoms with Gasteiger partial charge in [0.05, 0.1) is 0 Å². The second-order valence-electron chi connectivity index (χ2n) is 5.77. The van der Waals surface area contributed by atoms with Gasteiger partial charge < -0.3 is 16.4 Å². The van der Waals surface area contributed by atoms with Crippen LogP contribution in [0.1, 0.15) is 44.6 Å². The first kappa shape index (κ1) is 14.9. The Morgan fingerprint density at radius 2 is 2.10 bits per heavy atom. The maximum absolute atomic E-state index is 12.0. The Kier molecular flexibility index (Phi) is 5.01. The van der Waals surface area contributed by atoms with E-state index in [9.17, 15) is 4.79 Å². The van der Waals surface area contributed by atoms with Gasteiger partial charge in [-0.15, -0.1) is 0 Å². The quantitative estimate of drug-likeness (QED) is 0.772. The Bertz CT molecular complexity index is 453. The van der Waals surface area contributed by atoms with Gasteiger partial charge in [0.15, 0.2) is 0 Å². The van der Waals surface area contributed by atoms with Gasteiger partial charge in [-0.3, -0.25) is 0 Å². The normalized spacial score (nSPS) is 16.9. The number of urea groups is 1. The molecule has 0 heterocycles. The molecule has 1 aromatic rings. The fraction of sp³-hybridized carbons (Fsp3) is 0.562. The predicted octanol–water partition coefficient (Wildman–Crippen LogP) is 3.24. The van der Waals surface area contributed by atoms with Crippen LogP contribution in [0.2, 0.25) is 0 Å². The fourth-order valence-electron chi connectivity index (χ4n) is 3.00. The molecule has 0 bridgehead atoms. The lowest BCUT2D eigenvalue weighted by atomic mass is 9.83. The molecule has 4 N–H and O–H groups in total. The number of hydrogen-bond donors (Lipinski definition) is 3. The largest absolute Gasteiger partial charge is 0.337 e. The van der Waals surface area contributed by atoms with Crippen molar-refractivity contribution in [3.63, 3.8) is 0 Å². The minimum atomic E-state index is -0.126. The third kappa shape index (κ3) is 3.73. The maximum atomic E-state index is 12.0. The summed E-state index contributed by atoms with van der Waals surface area (Å²) in [5.41, 5.74) is 7.73. The van der Waals surface area contributed by atoms with Gasteiger partial charge in [0.25, 0.3) is 0 Å². The second-order valence-corrected chi connectivity index (χ2v) is 5.77. The number of rotatable bonds is 5. The number of carbonyl (C=O) groups excluding carboxylic acids is 1. The van der Waals surface area contributed by atoms with E-state index in [-0.39, 0.29) is 6.03 Å². The first-order chi connectivity index (χ1) is 9.67. The Balaban J connectivity index is 1.85. The molecule has 0 aliphatic heterocycles. The van der Waals surface area contributed by atoms with E-state index in [4.69, 9.17) is 5.73 Å². The van der Waals surface area contributed by atoms with Crippen LogP contribution in [-0.4, -0.2) is 12.6 Å². The summed E-state index contributed by atoms with van der Waals surface area (Å²) in [4.78, 5) is 12.0. The SMILES string of the molecule is CCC1(CNC(=O)Nc2cccc(CN)c2)CCCC1. The highest BCUT2D eigenvalue weighted by atomic mass is 16.2. The number of anilines is 1. The molecule has 4 nitrogen and oxygen atoms in total. The molecule has 0 spiro atoms. The topological polar surface area (TPSA) is 67.2 Å². The van der Waals surface area contributed by atoms with Crippen molar-refractivity contribution in [1.29, 1.82) is 0 Å². The average molecular weight is 275 g/mol. The van der Waals surface area contributed by atoms with E-state index in [0.29, 0.717) is 12.0 Å². The summed E-state index contributed by atoms with van der Waals surface area (Å²) in [7, 11) is 0. The number of nitrogens with two attached hydrogens (primary N) is 1. The smallest absolute Gasteiger partial charge is 0.319 e. The molecule has 2 amide bonds. The number of carbonyl (C=O) groups is 1. The Hall–Kier alpha value is -1.55. The van der Waals surface area contributed by atoms with Gasteiger partial charge in [-0.2, -0.15) is 0 Å². The summed E-state index contributed by atoms with van der Waals surface area (Å²) >= 11 is 0. The van der Waals surface area contributed by atoms with Crippen LogP contribution in [0.5, 0.6) is 0 Å². The van der Waals surface area contributed by atoms with E-state index < -0.39 is 0 Å². The highest BCUT2D eigenvalue weighted by molar-refractivity contribution is 5.89. The Morgan fingerprint density at radius 1 is 1.35 bits per heavy atom. The van der Waals surface area contributed by atoms with Crippen LogP contribution < -0.4 is 16.4 Å². The monoisotopic (exact) mass is 275 g/mol. The van der Waals surface area contributed by atoms with Crippen molar-refractivity contribution in [1.82, 2.24) is 5.32 Å². The summed E-state index contributed by atoms with van der Waals surface area (Å²) in [6.45, 7) is 3.47. The predicted molar refractivity (Wildman–Crippen MR) is 82.5 cm³/mol. The summed E-state index contributed by atoms with van der Waals surface area (Å²) < 4.78 is 0. The first-order valence-electron chi connectivity index (χ1n) is 7.51. The minimum Gasteiger partial charge on any atom is -0.337 e. The zero-order chi connectivity index (χ0) is 14.4. The highest BCUT2D eigenvalue weighted by Crippen LogP contribution is 2.40. The van der Waals surface area contributed by atoms with Gasteiger partial charge in [-0.1, -0.05) is 31.9 Å². The van der Waals surface area contributed by atoms with E-state index in [1.54, 1.807) is 0 Å². The standard InChI is InChI=1S/C16H25N3O/c1-2-16(8-3-4-9-16)12-18-15(20)19-14-7-5-6-13(10-14)11-17/h5-7,10H,2-4,8-9,11-12,17H2,1H3,(H2,18,19,20). The molecule has 1 fully saturated rings. The fourth-order valence-corrected chi connectivity index (χ4v) is 3.00. The second kappa shape index (κ2) is 6.75. The van der Waals surface area contributed by atoms with E-state index >= 15 is 0 Å². The average Bonchev–Trinajstić information content (AvgIpc) is 2.95. The van der Waals surface area contributed by atoms with Crippen LogP contribution in [0.4, 0.5) is 10.5 Å². The van der Waals surface area contributed by atoms with Gasteiger partial charge in [-0.25, -0.2) is 4.79 Å². The van der Waals surface area contributed by atoms with E-state index in [0.717, 1.165) is 24.2 Å². The zero-order valence-corrected chi connectivity index (χ0v) is 12.2. The van der Waals surface area contributed by atoms with E-state index in [2.05, 4.69) is 17.6 Å². The van der Waals surface area contributed by atoms with Crippen LogP contribution in [0, 0.1) is 5.41 Å². The summed E-state index contributed by atoms with van der Waals surface area (Å²) in [5.74, 6) is 0. The molecule has 110 valence electrons. The lowest BCUT2D eigenvalue weighted by Gasteiger charge is -2.27. The van der Waals surface area contributed by atoms with E-state index in [1.807, 2.05) is 24.3 Å². The number of benzene rings is 1. The van der Waals surface area contributed by atoms with Crippen molar-refractivity contribution in [2.45, 2.75) is 45.6 Å². The van der Waals surface area contributed by atoms with Gasteiger partial charge in [0.2, 0.25) is 0 Å². The molecule has 1 aliphatic rings. The van der Waals surface area contributed by atoms with Crippen LogP contribution in [-0.2, 0) is 6.54 Å². The first-order valence-corrected chi connectivity index (χ1v) is 7.51. The van der Waals surface area contributed by atoms with Crippen LogP contribution in [0.3, 0.4) is 0 Å². The van der Waals surface area contributed by atoms with Gasteiger partial charge in [-0.05, 0) is 42.4 Å². The molecule has 0 saturated heterocycles. The van der Waals surface area contributed by atoms with Crippen LogP contribution >= 0.6 is 0 Å². The molecule has 0 unspecified atom stereocenters. The Labute approximate surface area is 121 Å².